The molecule has 1 saturated heterocycles. The van der Waals surface area contributed by atoms with Crippen molar-refractivity contribution >= 4 is 10.8 Å². The van der Waals surface area contributed by atoms with Crippen molar-refractivity contribution in [3.63, 3.8) is 0 Å². The van der Waals surface area contributed by atoms with Gasteiger partial charge in [0.15, 0.2) is 0 Å². The van der Waals surface area contributed by atoms with Crippen LogP contribution in [-0.4, -0.2) is 47.7 Å². The van der Waals surface area contributed by atoms with Gasteiger partial charge in [-0.1, -0.05) is 0 Å². The normalized spacial score (nSPS) is 19.1. The van der Waals surface area contributed by atoms with Gasteiger partial charge in [-0.25, -0.2) is 4.39 Å². The lowest BCUT2D eigenvalue weighted by Gasteiger charge is -2.26. The third-order valence-electron chi connectivity index (χ3n) is 2.77. The van der Waals surface area contributed by atoms with Crippen LogP contribution in [0.1, 0.15) is 0 Å². The van der Waals surface area contributed by atoms with Crippen molar-refractivity contribution in [1.82, 2.24) is 4.90 Å². The van der Waals surface area contributed by atoms with E-state index in [4.69, 9.17) is 4.74 Å². The zero-order valence-corrected chi connectivity index (χ0v) is 10.4. The van der Waals surface area contributed by atoms with Gasteiger partial charge in [-0.2, -0.15) is 0 Å². The second-order valence-electron chi connectivity index (χ2n) is 3.96. The molecule has 2 rings (SSSR count). The number of halogens is 1. The molecule has 0 spiro atoms. The van der Waals surface area contributed by atoms with Gasteiger partial charge in [0.25, 0.3) is 0 Å². The topological polar surface area (TPSA) is 29.5 Å². The van der Waals surface area contributed by atoms with E-state index >= 15 is 0 Å². The fourth-order valence-electron chi connectivity index (χ4n) is 1.74. The fraction of sp³-hybridized carbons (Fsp3) is 0.500. The van der Waals surface area contributed by atoms with E-state index in [1.165, 1.54) is 12.1 Å². The second-order valence-corrected chi connectivity index (χ2v) is 5.53. The smallest absolute Gasteiger partial charge is 0.123 e. The van der Waals surface area contributed by atoms with Crippen LogP contribution < -0.4 is 0 Å². The van der Waals surface area contributed by atoms with Crippen LogP contribution in [0.3, 0.4) is 0 Å². The van der Waals surface area contributed by atoms with Gasteiger partial charge in [-0.05, 0) is 24.3 Å². The van der Waals surface area contributed by atoms with Crippen LogP contribution in [0.25, 0.3) is 0 Å². The Morgan fingerprint density at radius 3 is 2.53 bits per heavy atom. The standard InChI is InChI=1S/C12H16FNO2S/c13-11-1-3-12(4-2-11)17(15)10-7-14-5-8-16-9-6-14/h1-4H,5-10H2. The quantitative estimate of drug-likeness (QED) is 0.813. The lowest BCUT2D eigenvalue weighted by atomic mass is 10.4. The van der Waals surface area contributed by atoms with Gasteiger partial charge in [0.05, 0.1) is 24.0 Å². The maximum absolute atomic E-state index is 12.7. The van der Waals surface area contributed by atoms with Gasteiger partial charge in [0, 0.05) is 30.3 Å². The highest BCUT2D eigenvalue weighted by molar-refractivity contribution is 7.85. The summed E-state index contributed by atoms with van der Waals surface area (Å²) in [6.07, 6.45) is 0. The first kappa shape index (κ1) is 12.7. The summed E-state index contributed by atoms with van der Waals surface area (Å²) in [5, 5.41) is 0. The Balaban J connectivity index is 1.82. The molecule has 1 aliphatic heterocycles. The van der Waals surface area contributed by atoms with Crippen LogP contribution in [0.5, 0.6) is 0 Å². The molecule has 0 amide bonds. The van der Waals surface area contributed by atoms with Crippen molar-refractivity contribution in [2.75, 3.05) is 38.6 Å². The molecular formula is C12H16FNO2S. The summed E-state index contributed by atoms with van der Waals surface area (Å²) in [5.41, 5.74) is 0. The largest absolute Gasteiger partial charge is 0.379 e. The summed E-state index contributed by atoms with van der Waals surface area (Å²) in [6.45, 7) is 4.11. The molecule has 0 radical (unpaired) electrons. The number of hydrogen-bond acceptors (Lipinski definition) is 3. The minimum atomic E-state index is -1.04. The molecule has 1 atom stereocenters. The third-order valence-corrected chi connectivity index (χ3v) is 4.12. The van der Waals surface area contributed by atoms with Crippen molar-refractivity contribution < 1.29 is 13.3 Å². The molecule has 0 N–H and O–H groups in total. The predicted octanol–water partition coefficient (Wildman–Crippen LogP) is 1.27. The zero-order chi connectivity index (χ0) is 12.1. The lowest BCUT2D eigenvalue weighted by molar-refractivity contribution is 0.0409. The zero-order valence-electron chi connectivity index (χ0n) is 9.60. The molecule has 1 heterocycles. The molecule has 0 aliphatic carbocycles. The molecule has 1 unspecified atom stereocenters. The average molecular weight is 257 g/mol. The average Bonchev–Trinajstić information content (AvgIpc) is 2.38. The molecule has 1 fully saturated rings. The van der Waals surface area contributed by atoms with E-state index in [2.05, 4.69) is 4.90 Å². The summed E-state index contributed by atoms with van der Waals surface area (Å²) in [7, 11) is -1.04. The van der Waals surface area contributed by atoms with Crippen LogP contribution in [0.4, 0.5) is 4.39 Å². The first-order valence-corrected chi connectivity index (χ1v) is 7.01. The van der Waals surface area contributed by atoms with Gasteiger partial charge in [0.2, 0.25) is 0 Å². The lowest BCUT2D eigenvalue weighted by Crippen LogP contribution is -2.38. The monoisotopic (exact) mass is 257 g/mol. The highest BCUT2D eigenvalue weighted by Gasteiger charge is 2.12. The van der Waals surface area contributed by atoms with Crippen LogP contribution in [0, 0.1) is 5.82 Å². The van der Waals surface area contributed by atoms with Gasteiger partial charge in [-0.15, -0.1) is 0 Å². The Morgan fingerprint density at radius 2 is 1.88 bits per heavy atom. The van der Waals surface area contributed by atoms with E-state index in [1.807, 2.05) is 0 Å². The van der Waals surface area contributed by atoms with Gasteiger partial charge in [-0.3, -0.25) is 9.11 Å². The van der Waals surface area contributed by atoms with Crippen molar-refractivity contribution in [3.05, 3.63) is 30.1 Å². The molecule has 1 aliphatic rings. The Kier molecular flexibility index (Phi) is 4.65. The minimum absolute atomic E-state index is 0.293. The maximum Gasteiger partial charge on any atom is 0.123 e. The number of benzene rings is 1. The molecule has 94 valence electrons. The van der Waals surface area contributed by atoms with Gasteiger partial charge >= 0.3 is 0 Å². The van der Waals surface area contributed by atoms with E-state index < -0.39 is 10.8 Å². The molecule has 5 heteroatoms. The molecule has 17 heavy (non-hydrogen) atoms. The van der Waals surface area contributed by atoms with Crippen molar-refractivity contribution in [3.8, 4) is 0 Å². The third kappa shape index (κ3) is 3.87. The molecule has 1 aromatic carbocycles. The first-order chi connectivity index (χ1) is 8.25. The summed E-state index contributed by atoms with van der Waals surface area (Å²) in [4.78, 5) is 2.94. The molecule has 0 aromatic heterocycles. The van der Waals surface area contributed by atoms with Crippen molar-refractivity contribution in [2.24, 2.45) is 0 Å². The Bertz CT molecular complexity index is 377. The highest BCUT2D eigenvalue weighted by Crippen LogP contribution is 2.08. The highest BCUT2D eigenvalue weighted by atomic mass is 32.2. The van der Waals surface area contributed by atoms with E-state index in [9.17, 15) is 8.60 Å². The summed E-state index contributed by atoms with van der Waals surface area (Å²) in [5.74, 6) is 0.296. The van der Waals surface area contributed by atoms with Crippen molar-refractivity contribution in [2.45, 2.75) is 4.90 Å². The van der Waals surface area contributed by atoms with E-state index in [0.29, 0.717) is 10.6 Å². The van der Waals surface area contributed by atoms with Crippen LogP contribution in [0.2, 0.25) is 0 Å². The number of ether oxygens (including phenoxy) is 1. The molecule has 3 nitrogen and oxygen atoms in total. The summed E-state index contributed by atoms with van der Waals surface area (Å²) < 4.78 is 29.9. The van der Waals surface area contributed by atoms with Gasteiger partial charge in [0.1, 0.15) is 5.82 Å². The Hall–Kier alpha value is -0.780. The van der Waals surface area contributed by atoms with E-state index in [1.54, 1.807) is 12.1 Å². The maximum atomic E-state index is 12.7. The minimum Gasteiger partial charge on any atom is -0.379 e. The van der Waals surface area contributed by atoms with Crippen LogP contribution >= 0.6 is 0 Å². The fourth-order valence-corrected chi connectivity index (χ4v) is 2.84. The number of hydrogen-bond donors (Lipinski definition) is 0. The summed E-state index contributed by atoms with van der Waals surface area (Å²) in [6, 6.07) is 5.87. The molecular weight excluding hydrogens is 241 g/mol. The molecule has 0 bridgehead atoms. The first-order valence-electron chi connectivity index (χ1n) is 5.70. The Labute approximate surface area is 103 Å². The predicted molar refractivity (Wildman–Crippen MR) is 64.9 cm³/mol. The van der Waals surface area contributed by atoms with Crippen LogP contribution in [0.15, 0.2) is 29.2 Å². The van der Waals surface area contributed by atoms with Gasteiger partial charge < -0.3 is 4.74 Å². The molecule has 0 saturated carbocycles. The number of rotatable bonds is 4. The van der Waals surface area contributed by atoms with E-state index in [0.717, 1.165) is 32.8 Å². The van der Waals surface area contributed by atoms with Crippen LogP contribution in [-0.2, 0) is 15.5 Å². The van der Waals surface area contributed by atoms with Crippen molar-refractivity contribution in [1.29, 1.82) is 0 Å². The number of nitrogens with zero attached hydrogens (tertiary/aromatic N) is 1. The Morgan fingerprint density at radius 1 is 1.24 bits per heavy atom. The SMILES string of the molecule is O=S(CCN1CCOCC1)c1ccc(F)cc1. The summed E-state index contributed by atoms with van der Waals surface area (Å²) >= 11 is 0. The van der Waals surface area contributed by atoms with E-state index in [-0.39, 0.29) is 5.82 Å². The second kappa shape index (κ2) is 6.23. The number of morpholine rings is 1. The molecule has 1 aromatic rings.